The van der Waals surface area contributed by atoms with Crippen LogP contribution in [0.2, 0.25) is 0 Å². The smallest absolute Gasteiger partial charge is 0.300 e. The second kappa shape index (κ2) is 4.87. The zero-order chi connectivity index (χ0) is 14.8. The zero-order valence-corrected chi connectivity index (χ0v) is 10.8. The quantitative estimate of drug-likeness (QED) is 0.695. The molecule has 0 radical (unpaired) electrons. The van der Waals surface area contributed by atoms with Crippen LogP contribution in [-0.4, -0.2) is 4.98 Å². The number of para-hydroxylation sites is 1. The van der Waals surface area contributed by atoms with Crippen LogP contribution >= 0.6 is 0 Å². The van der Waals surface area contributed by atoms with Crippen LogP contribution in [0.5, 0.6) is 0 Å². The Labute approximate surface area is 120 Å². The van der Waals surface area contributed by atoms with Gasteiger partial charge in [-0.3, -0.25) is 0 Å². The van der Waals surface area contributed by atoms with Gasteiger partial charge in [0.2, 0.25) is 0 Å². The van der Waals surface area contributed by atoms with Crippen LogP contribution in [0, 0.1) is 22.7 Å². The number of fused-ring (bicyclic) bond motifs is 1. The molecule has 0 aliphatic rings. The highest BCUT2D eigenvalue weighted by atomic mass is 16.4. The third-order valence-electron chi connectivity index (χ3n) is 2.96. The maximum absolute atomic E-state index is 9.01. The molecule has 0 unspecified atom stereocenters. The van der Waals surface area contributed by atoms with Crippen molar-refractivity contribution < 1.29 is 4.42 Å². The monoisotopic (exact) mass is 275 g/mol. The van der Waals surface area contributed by atoms with E-state index in [4.69, 9.17) is 20.7 Å². The highest BCUT2D eigenvalue weighted by molar-refractivity contribution is 5.86. The number of benzene rings is 2. The molecule has 2 aromatic carbocycles. The van der Waals surface area contributed by atoms with Crippen LogP contribution in [0.25, 0.3) is 11.1 Å². The molecule has 1 heterocycles. The van der Waals surface area contributed by atoms with Gasteiger partial charge in [-0.25, -0.2) is 0 Å². The van der Waals surface area contributed by atoms with Gasteiger partial charge in [0.05, 0.1) is 16.8 Å². The molecule has 0 amide bonds. The lowest BCUT2D eigenvalue weighted by Gasteiger charge is -2.02. The van der Waals surface area contributed by atoms with Gasteiger partial charge in [-0.2, -0.15) is 15.5 Å². The molecule has 1 aromatic heterocycles. The molecule has 0 spiro atoms. The fourth-order valence-electron chi connectivity index (χ4n) is 1.96. The van der Waals surface area contributed by atoms with Crippen molar-refractivity contribution in [3.05, 3.63) is 47.5 Å². The highest BCUT2D eigenvalue weighted by Gasteiger charge is 2.09. The SMILES string of the molecule is N#Cc1ccc(Nc2nc3c(N)cccc3o2)cc1C#N. The first-order valence-corrected chi connectivity index (χ1v) is 6.07. The second-order valence-corrected chi connectivity index (χ2v) is 4.32. The first kappa shape index (κ1) is 12.5. The van der Waals surface area contributed by atoms with Gasteiger partial charge in [0.15, 0.2) is 5.58 Å². The van der Waals surface area contributed by atoms with E-state index in [9.17, 15) is 0 Å². The minimum absolute atomic E-state index is 0.275. The Hall–Kier alpha value is -3.51. The number of hydrogen-bond acceptors (Lipinski definition) is 6. The van der Waals surface area contributed by atoms with Crippen LogP contribution in [0.1, 0.15) is 11.1 Å². The van der Waals surface area contributed by atoms with Crippen molar-refractivity contribution in [1.29, 1.82) is 10.5 Å². The van der Waals surface area contributed by atoms with Gasteiger partial charge in [0, 0.05) is 5.69 Å². The van der Waals surface area contributed by atoms with Crippen molar-refractivity contribution in [2.75, 3.05) is 11.1 Å². The maximum atomic E-state index is 9.01. The van der Waals surface area contributed by atoms with Gasteiger partial charge in [0.1, 0.15) is 17.7 Å². The minimum atomic E-state index is 0.275. The van der Waals surface area contributed by atoms with Crippen LogP contribution in [-0.2, 0) is 0 Å². The van der Waals surface area contributed by atoms with Crippen LogP contribution in [0.15, 0.2) is 40.8 Å². The molecule has 3 aromatic rings. The largest absolute Gasteiger partial charge is 0.423 e. The lowest BCUT2D eigenvalue weighted by molar-refractivity contribution is 0.623. The van der Waals surface area contributed by atoms with Gasteiger partial charge in [-0.15, -0.1) is 0 Å². The Kier molecular flexibility index (Phi) is 2.91. The molecule has 3 N–H and O–H groups in total. The lowest BCUT2D eigenvalue weighted by atomic mass is 10.1. The summed E-state index contributed by atoms with van der Waals surface area (Å²) in [6, 6.07) is 14.3. The Morgan fingerprint density at radius 1 is 1.10 bits per heavy atom. The zero-order valence-electron chi connectivity index (χ0n) is 10.8. The average Bonchev–Trinajstić information content (AvgIpc) is 2.91. The molecule has 0 atom stereocenters. The van der Waals surface area contributed by atoms with E-state index in [1.54, 1.807) is 36.4 Å². The Morgan fingerprint density at radius 3 is 2.62 bits per heavy atom. The molecule has 0 saturated heterocycles. The topological polar surface area (TPSA) is 112 Å². The van der Waals surface area contributed by atoms with Crippen molar-refractivity contribution in [1.82, 2.24) is 4.98 Å². The fourth-order valence-corrected chi connectivity index (χ4v) is 1.96. The number of nitrogen functional groups attached to an aromatic ring is 1. The summed E-state index contributed by atoms with van der Waals surface area (Å²) in [5, 5.41) is 20.8. The Bertz CT molecular complexity index is 914. The van der Waals surface area contributed by atoms with E-state index in [0.717, 1.165) is 0 Å². The number of hydrogen-bond donors (Lipinski definition) is 2. The Balaban J connectivity index is 1.97. The van der Waals surface area contributed by atoms with Crippen molar-refractivity contribution in [2.45, 2.75) is 0 Å². The van der Waals surface area contributed by atoms with Gasteiger partial charge in [-0.05, 0) is 30.3 Å². The van der Waals surface area contributed by atoms with Gasteiger partial charge in [0.25, 0.3) is 6.01 Å². The number of rotatable bonds is 2. The molecule has 3 rings (SSSR count). The predicted molar refractivity (Wildman–Crippen MR) is 77.6 cm³/mol. The summed E-state index contributed by atoms with van der Waals surface area (Å²) in [7, 11) is 0. The van der Waals surface area contributed by atoms with Crippen molar-refractivity contribution in [3.8, 4) is 12.1 Å². The second-order valence-electron chi connectivity index (χ2n) is 4.32. The van der Waals surface area contributed by atoms with E-state index < -0.39 is 0 Å². The molecule has 6 nitrogen and oxygen atoms in total. The molecule has 100 valence electrons. The summed E-state index contributed by atoms with van der Waals surface area (Å²) >= 11 is 0. The van der Waals surface area contributed by atoms with Crippen molar-refractivity contribution >= 4 is 28.5 Å². The molecular formula is C15H9N5O. The third-order valence-corrected chi connectivity index (χ3v) is 2.96. The number of nitriles is 2. The van der Waals surface area contributed by atoms with Crippen molar-refractivity contribution in [2.24, 2.45) is 0 Å². The standard InChI is InChI=1S/C15H9N5O/c16-7-9-4-5-11(6-10(9)8-17)19-15-20-14-12(18)2-1-3-13(14)21-15/h1-6H,18H2,(H,19,20). The Morgan fingerprint density at radius 2 is 1.90 bits per heavy atom. The van der Waals surface area contributed by atoms with Gasteiger partial charge < -0.3 is 15.5 Å². The molecule has 6 heteroatoms. The third kappa shape index (κ3) is 2.22. The number of nitrogens with two attached hydrogens (primary N) is 1. The normalized spacial score (nSPS) is 10.0. The number of nitrogens with one attached hydrogen (secondary N) is 1. The number of oxazole rings is 1. The average molecular weight is 275 g/mol. The number of aromatic nitrogens is 1. The van der Waals surface area contributed by atoms with Crippen LogP contribution < -0.4 is 11.1 Å². The fraction of sp³-hybridized carbons (Fsp3) is 0. The van der Waals surface area contributed by atoms with Crippen LogP contribution in [0.4, 0.5) is 17.4 Å². The van der Waals surface area contributed by atoms with Crippen molar-refractivity contribution in [3.63, 3.8) is 0 Å². The highest BCUT2D eigenvalue weighted by Crippen LogP contribution is 2.26. The molecular weight excluding hydrogens is 266 g/mol. The van der Waals surface area contributed by atoms with E-state index in [1.807, 2.05) is 12.1 Å². The van der Waals surface area contributed by atoms with E-state index in [0.29, 0.717) is 28.0 Å². The molecule has 0 saturated carbocycles. The summed E-state index contributed by atoms with van der Waals surface area (Å²) in [5.74, 6) is 0. The number of nitrogens with zero attached hydrogens (tertiary/aromatic N) is 3. The first-order chi connectivity index (χ1) is 10.2. The molecule has 0 aliphatic heterocycles. The molecule has 0 aliphatic carbocycles. The lowest BCUT2D eigenvalue weighted by Crippen LogP contribution is -1.93. The maximum Gasteiger partial charge on any atom is 0.300 e. The summed E-state index contributed by atoms with van der Waals surface area (Å²) in [5.41, 5.74) is 8.72. The van der Waals surface area contributed by atoms with Crippen LogP contribution in [0.3, 0.4) is 0 Å². The summed E-state index contributed by atoms with van der Waals surface area (Å²) in [4.78, 5) is 4.25. The van der Waals surface area contributed by atoms with E-state index in [-0.39, 0.29) is 11.6 Å². The molecule has 0 bridgehead atoms. The minimum Gasteiger partial charge on any atom is -0.423 e. The van der Waals surface area contributed by atoms with Gasteiger partial charge in [-0.1, -0.05) is 6.07 Å². The van der Waals surface area contributed by atoms with E-state index in [1.165, 1.54) is 0 Å². The number of anilines is 3. The predicted octanol–water partition coefficient (Wildman–Crippen LogP) is 2.90. The van der Waals surface area contributed by atoms with E-state index >= 15 is 0 Å². The molecule has 21 heavy (non-hydrogen) atoms. The first-order valence-electron chi connectivity index (χ1n) is 6.07. The van der Waals surface area contributed by atoms with Gasteiger partial charge >= 0.3 is 0 Å². The summed E-state index contributed by atoms with van der Waals surface area (Å²) < 4.78 is 5.53. The van der Waals surface area contributed by atoms with E-state index in [2.05, 4.69) is 10.3 Å². The summed E-state index contributed by atoms with van der Waals surface area (Å²) in [6.07, 6.45) is 0. The molecule has 0 fully saturated rings. The summed E-state index contributed by atoms with van der Waals surface area (Å²) in [6.45, 7) is 0.